The first kappa shape index (κ1) is 15.2. The second-order valence-electron chi connectivity index (χ2n) is 5.84. The van der Waals surface area contributed by atoms with Crippen LogP contribution in [0.5, 0.6) is 0 Å². The van der Waals surface area contributed by atoms with Crippen LogP contribution in [0.1, 0.15) is 30.1 Å². The summed E-state index contributed by atoms with van der Waals surface area (Å²) in [6.07, 6.45) is 4.50. The second-order valence-corrected chi connectivity index (χ2v) is 5.84. The zero-order valence-corrected chi connectivity index (χ0v) is 12.8. The van der Waals surface area contributed by atoms with Gasteiger partial charge in [0, 0.05) is 23.8 Å². The van der Waals surface area contributed by atoms with Crippen molar-refractivity contribution in [3.8, 4) is 5.69 Å². The van der Waals surface area contributed by atoms with E-state index in [9.17, 15) is 14.7 Å². The number of carbonyl (C=O) groups is 2. The van der Waals surface area contributed by atoms with Gasteiger partial charge in [0.05, 0.1) is 5.92 Å². The van der Waals surface area contributed by atoms with Gasteiger partial charge in [-0.1, -0.05) is 0 Å². The zero-order valence-electron chi connectivity index (χ0n) is 12.8. The molecule has 2 aromatic rings. The number of nitrogens with zero attached hydrogens (tertiary/aromatic N) is 4. The normalized spacial score (nSPS) is 21.2. The maximum Gasteiger partial charge on any atom is 0.308 e. The van der Waals surface area contributed by atoms with Crippen molar-refractivity contribution in [2.45, 2.75) is 25.8 Å². The predicted octanol–water partition coefficient (Wildman–Crippen LogP) is 1.59. The van der Waals surface area contributed by atoms with Crippen molar-refractivity contribution in [1.29, 1.82) is 0 Å². The van der Waals surface area contributed by atoms with Crippen molar-refractivity contribution in [3.05, 3.63) is 42.5 Å². The first-order chi connectivity index (χ1) is 11.1. The number of carboxylic acid groups (broad SMARTS) is 1. The fourth-order valence-electron chi connectivity index (χ4n) is 2.87. The molecule has 0 spiro atoms. The van der Waals surface area contributed by atoms with E-state index in [2.05, 4.69) is 10.2 Å². The standard InChI is InChI=1S/C16H18N4O3/c1-11-2-3-13(16(22)23)8-20(11)15(21)12-4-6-14(7-5-12)19-9-17-18-10-19/h4-7,9-11,13H,2-3,8H2,1H3,(H,22,23). The lowest BCUT2D eigenvalue weighted by Gasteiger charge is -2.36. The van der Waals surface area contributed by atoms with Gasteiger partial charge in [0.1, 0.15) is 12.7 Å². The fraction of sp³-hybridized carbons (Fsp3) is 0.375. The van der Waals surface area contributed by atoms with Crippen LogP contribution in [0.15, 0.2) is 36.9 Å². The van der Waals surface area contributed by atoms with E-state index in [4.69, 9.17) is 0 Å². The molecular formula is C16H18N4O3. The van der Waals surface area contributed by atoms with Crippen LogP contribution in [0.4, 0.5) is 0 Å². The van der Waals surface area contributed by atoms with Gasteiger partial charge in [-0.15, -0.1) is 10.2 Å². The molecule has 2 atom stereocenters. The molecule has 2 unspecified atom stereocenters. The molecule has 1 aliphatic heterocycles. The van der Waals surface area contributed by atoms with E-state index in [1.54, 1.807) is 34.3 Å². The summed E-state index contributed by atoms with van der Waals surface area (Å²) in [5.74, 6) is -1.44. The molecule has 1 saturated heterocycles. The molecule has 0 aliphatic carbocycles. The first-order valence-electron chi connectivity index (χ1n) is 7.55. The summed E-state index contributed by atoms with van der Waals surface area (Å²) < 4.78 is 1.75. The van der Waals surface area contributed by atoms with Crippen molar-refractivity contribution >= 4 is 11.9 Å². The van der Waals surface area contributed by atoms with E-state index in [-0.39, 0.29) is 18.5 Å². The van der Waals surface area contributed by atoms with Gasteiger partial charge < -0.3 is 10.0 Å². The Balaban J connectivity index is 1.77. The van der Waals surface area contributed by atoms with Crippen molar-refractivity contribution in [1.82, 2.24) is 19.7 Å². The molecule has 0 radical (unpaired) electrons. The third kappa shape index (κ3) is 3.08. The van der Waals surface area contributed by atoms with Crippen LogP contribution in [-0.4, -0.2) is 49.2 Å². The van der Waals surface area contributed by atoms with Crippen LogP contribution in [-0.2, 0) is 4.79 Å². The van der Waals surface area contributed by atoms with Crippen LogP contribution >= 0.6 is 0 Å². The van der Waals surface area contributed by atoms with Crippen LogP contribution < -0.4 is 0 Å². The lowest BCUT2D eigenvalue weighted by molar-refractivity contribution is -0.143. The van der Waals surface area contributed by atoms with Crippen LogP contribution in [0, 0.1) is 5.92 Å². The second kappa shape index (κ2) is 6.20. The molecule has 23 heavy (non-hydrogen) atoms. The number of rotatable bonds is 3. The Morgan fingerprint density at radius 1 is 1.13 bits per heavy atom. The number of carboxylic acids is 1. The van der Waals surface area contributed by atoms with Gasteiger partial charge in [-0.2, -0.15) is 0 Å². The summed E-state index contributed by atoms with van der Waals surface area (Å²) in [7, 11) is 0. The monoisotopic (exact) mass is 314 g/mol. The zero-order chi connectivity index (χ0) is 16.4. The van der Waals surface area contributed by atoms with Gasteiger partial charge in [-0.3, -0.25) is 14.2 Å². The van der Waals surface area contributed by atoms with Gasteiger partial charge in [-0.25, -0.2) is 0 Å². The minimum absolute atomic E-state index is 0.0515. The molecule has 1 fully saturated rings. The number of aromatic nitrogens is 3. The molecule has 7 nitrogen and oxygen atoms in total. The Morgan fingerprint density at radius 2 is 1.78 bits per heavy atom. The van der Waals surface area contributed by atoms with Gasteiger partial charge in [0.15, 0.2) is 0 Å². The molecule has 1 aromatic carbocycles. The lowest BCUT2D eigenvalue weighted by Crippen LogP contribution is -2.47. The molecular weight excluding hydrogens is 296 g/mol. The molecule has 1 aliphatic rings. The van der Waals surface area contributed by atoms with Crippen molar-refractivity contribution in [3.63, 3.8) is 0 Å². The number of aliphatic carboxylic acids is 1. The smallest absolute Gasteiger partial charge is 0.308 e. The summed E-state index contributed by atoms with van der Waals surface area (Å²) in [5.41, 5.74) is 1.42. The summed E-state index contributed by atoms with van der Waals surface area (Å²) in [6, 6.07) is 7.18. The molecule has 0 bridgehead atoms. The van der Waals surface area contributed by atoms with Gasteiger partial charge >= 0.3 is 5.97 Å². The Morgan fingerprint density at radius 3 is 2.39 bits per heavy atom. The van der Waals surface area contributed by atoms with E-state index < -0.39 is 11.9 Å². The molecule has 1 amide bonds. The van der Waals surface area contributed by atoms with Crippen LogP contribution in [0.2, 0.25) is 0 Å². The highest BCUT2D eigenvalue weighted by molar-refractivity contribution is 5.95. The van der Waals surface area contributed by atoms with Gasteiger partial charge in [0.25, 0.3) is 5.91 Å². The average Bonchev–Trinajstić information content (AvgIpc) is 3.09. The number of hydrogen-bond donors (Lipinski definition) is 1. The summed E-state index contributed by atoms with van der Waals surface area (Å²) in [5, 5.41) is 16.7. The molecule has 1 aromatic heterocycles. The lowest BCUT2D eigenvalue weighted by atomic mass is 9.93. The Labute approximate surface area is 133 Å². The highest BCUT2D eigenvalue weighted by Crippen LogP contribution is 2.24. The van der Waals surface area contributed by atoms with Crippen molar-refractivity contribution in [2.24, 2.45) is 5.92 Å². The van der Waals surface area contributed by atoms with Crippen LogP contribution in [0.3, 0.4) is 0 Å². The number of piperidine rings is 1. The summed E-state index contributed by atoms with van der Waals surface area (Å²) in [6.45, 7) is 2.23. The Hall–Kier alpha value is -2.70. The highest BCUT2D eigenvalue weighted by atomic mass is 16.4. The number of hydrogen-bond acceptors (Lipinski definition) is 4. The number of carbonyl (C=O) groups excluding carboxylic acids is 1. The molecule has 2 heterocycles. The van der Waals surface area contributed by atoms with Crippen LogP contribution in [0.25, 0.3) is 5.69 Å². The number of amides is 1. The summed E-state index contributed by atoms with van der Waals surface area (Å²) >= 11 is 0. The minimum Gasteiger partial charge on any atom is -0.481 e. The highest BCUT2D eigenvalue weighted by Gasteiger charge is 2.32. The molecule has 1 N–H and O–H groups in total. The Kier molecular flexibility index (Phi) is 4.10. The minimum atomic E-state index is -0.836. The van der Waals surface area contributed by atoms with Gasteiger partial charge in [0.2, 0.25) is 0 Å². The van der Waals surface area contributed by atoms with E-state index >= 15 is 0 Å². The molecule has 7 heteroatoms. The van der Waals surface area contributed by atoms with E-state index in [1.165, 1.54) is 0 Å². The molecule has 120 valence electrons. The summed E-state index contributed by atoms with van der Waals surface area (Å²) in [4.78, 5) is 25.5. The topological polar surface area (TPSA) is 88.3 Å². The predicted molar refractivity (Wildman–Crippen MR) is 82.2 cm³/mol. The number of benzene rings is 1. The molecule has 3 rings (SSSR count). The van der Waals surface area contributed by atoms with Crippen molar-refractivity contribution in [2.75, 3.05) is 6.54 Å². The maximum absolute atomic E-state index is 12.7. The van der Waals surface area contributed by atoms with E-state index in [0.29, 0.717) is 18.4 Å². The average molecular weight is 314 g/mol. The van der Waals surface area contributed by atoms with E-state index in [0.717, 1.165) is 5.69 Å². The van der Waals surface area contributed by atoms with E-state index in [1.807, 2.05) is 19.1 Å². The largest absolute Gasteiger partial charge is 0.481 e. The SMILES string of the molecule is CC1CCC(C(=O)O)CN1C(=O)c1ccc(-n2cnnc2)cc1. The third-order valence-electron chi connectivity index (χ3n) is 4.32. The first-order valence-corrected chi connectivity index (χ1v) is 7.55. The Bertz CT molecular complexity index is 697. The number of likely N-dealkylation sites (tertiary alicyclic amines) is 1. The van der Waals surface area contributed by atoms with Gasteiger partial charge in [-0.05, 0) is 44.0 Å². The van der Waals surface area contributed by atoms with Crippen molar-refractivity contribution < 1.29 is 14.7 Å². The maximum atomic E-state index is 12.7. The molecule has 0 saturated carbocycles. The quantitative estimate of drug-likeness (QED) is 0.929. The third-order valence-corrected chi connectivity index (χ3v) is 4.32. The fourth-order valence-corrected chi connectivity index (χ4v) is 2.87.